The molecule has 0 bridgehead atoms. The summed E-state index contributed by atoms with van der Waals surface area (Å²) in [4.78, 5) is 27.8. The fourth-order valence-corrected chi connectivity index (χ4v) is 6.10. The SMILES string of the molecule is Cc1nccn1Cc1cc(Nc2nc3ccc(N4C[C@@H](O)CC4=O)cc3s2)nc(NC2CCC(O)CC2)c1. The fourth-order valence-electron chi connectivity index (χ4n) is 5.20. The van der Waals surface area contributed by atoms with Crippen LogP contribution in [0.15, 0.2) is 42.7 Å². The molecular weight excluding hydrogens is 502 g/mol. The molecule has 0 radical (unpaired) electrons. The molecule has 1 aliphatic carbocycles. The summed E-state index contributed by atoms with van der Waals surface area (Å²) in [6.45, 7) is 2.97. The van der Waals surface area contributed by atoms with Crippen molar-refractivity contribution in [3.8, 4) is 0 Å². The molecule has 1 aliphatic heterocycles. The van der Waals surface area contributed by atoms with Gasteiger partial charge >= 0.3 is 0 Å². The van der Waals surface area contributed by atoms with E-state index in [0.29, 0.717) is 24.0 Å². The molecule has 38 heavy (non-hydrogen) atoms. The van der Waals surface area contributed by atoms with Crippen LogP contribution in [-0.4, -0.2) is 60.4 Å². The number of nitrogens with one attached hydrogen (secondary N) is 2. The number of nitrogens with zero attached hydrogens (tertiary/aromatic N) is 5. The number of fused-ring (bicyclic) bond motifs is 1. The maximum Gasteiger partial charge on any atom is 0.229 e. The van der Waals surface area contributed by atoms with Gasteiger partial charge in [-0.3, -0.25) is 4.79 Å². The number of carbonyl (C=O) groups excluding carboxylic acids is 1. The van der Waals surface area contributed by atoms with E-state index >= 15 is 0 Å². The van der Waals surface area contributed by atoms with Crippen LogP contribution in [0.25, 0.3) is 10.2 Å². The Labute approximate surface area is 224 Å². The van der Waals surface area contributed by atoms with Gasteiger partial charge in [0, 0.05) is 30.7 Å². The van der Waals surface area contributed by atoms with Crippen molar-refractivity contribution in [1.82, 2.24) is 19.5 Å². The first kappa shape index (κ1) is 24.8. The molecule has 4 N–H and O–H groups in total. The van der Waals surface area contributed by atoms with Crippen molar-refractivity contribution >= 4 is 49.9 Å². The number of aliphatic hydroxyl groups is 2. The molecule has 0 spiro atoms. The van der Waals surface area contributed by atoms with E-state index in [1.54, 1.807) is 11.1 Å². The number of rotatable bonds is 7. The van der Waals surface area contributed by atoms with Crippen molar-refractivity contribution in [2.75, 3.05) is 22.1 Å². The van der Waals surface area contributed by atoms with Crippen molar-refractivity contribution in [3.63, 3.8) is 0 Å². The second-order valence-electron chi connectivity index (χ2n) is 10.2. The van der Waals surface area contributed by atoms with Gasteiger partial charge in [0.25, 0.3) is 0 Å². The Morgan fingerprint density at radius 1 is 1.05 bits per heavy atom. The Balaban J connectivity index is 1.26. The average Bonchev–Trinajstić information content (AvgIpc) is 3.57. The van der Waals surface area contributed by atoms with E-state index in [1.165, 1.54) is 11.3 Å². The van der Waals surface area contributed by atoms with Gasteiger partial charge in [-0.1, -0.05) is 11.3 Å². The van der Waals surface area contributed by atoms with Crippen LogP contribution >= 0.6 is 11.3 Å². The Kier molecular flexibility index (Phi) is 6.73. The number of benzene rings is 1. The van der Waals surface area contributed by atoms with Crippen LogP contribution < -0.4 is 15.5 Å². The average molecular weight is 534 g/mol. The Hall–Kier alpha value is -3.54. The summed E-state index contributed by atoms with van der Waals surface area (Å²) in [5.74, 6) is 2.36. The summed E-state index contributed by atoms with van der Waals surface area (Å²) in [7, 11) is 0. The number of hydrogen-bond acceptors (Lipinski definition) is 9. The molecular formula is C27H31N7O3S. The van der Waals surface area contributed by atoms with Gasteiger partial charge in [0.05, 0.1) is 35.4 Å². The molecule has 198 valence electrons. The minimum Gasteiger partial charge on any atom is -0.393 e. The predicted octanol–water partition coefficient (Wildman–Crippen LogP) is 3.80. The molecule has 1 saturated heterocycles. The summed E-state index contributed by atoms with van der Waals surface area (Å²) in [5.41, 5.74) is 2.68. The minimum absolute atomic E-state index is 0.0682. The first-order valence-electron chi connectivity index (χ1n) is 13.0. The molecule has 6 rings (SSSR count). The lowest BCUT2D eigenvalue weighted by molar-refractivity contribution is -0.117. The van der Waals surface area contributed by atoms with E-state index in [9.17, 15) is 15.0 Å². The van der Waals surface area contributed by atoms with Crippen molar-refractivity contribution in [2.24, 2.45) is 0 Å². The molecule has 11 heteroatoms. The largest absolute Gasteiger partial charge is 0.393 e. The van der Waals surface area contributed by atoms with Crippen molar-refractivity contribution in [1.29, 1.82) is 0 Å². The Morgan fingerprint density at radius 3 is 2.61 bits per heavy atom. The number of amides is 1. The standard InChI is InChI=1S/C27H31N7O3S/c1-16-28-8-9-33(16)14-17-10-24(29-18-2-5-20(35)6-3-18)31-25(11-17)32-27-30-22-7-4-19(12-23(22)38-27)34-15-21(36)13-26(34)37/h4,7-12,18,20-21,35-36H,2-3,5-6,13-15H2,1H3,(H2,29,30,31,32)/t18?,20?,21-/m0/s1. The van der Waals surface area contributed by atoms with Crippen molar-refractivity contribution < 1.29 is 15.0 Å². The van der Waals surface area contributed by atoms with Gasteiger partial charge in [-0.15, -0.1) is 0 Å². The van der Waals surface area contributed by atoms with Gasteiger partial charge in [-0.25, -0.2) is 15.0 Å². The van der Waals surface area contributed by atoms with Crippen LogP contribution in [0, 0.1) is 6.92 Å². The molecule has 3 aromatic heterocycles. The molecule has 2 aliphatic rings. The second-order valence-corrected chi connectivity index (χ2v) is 11.2. The van der Waals surface area contributed by atoms with E-state index in [4.69, 9.17) is 9.97 Å². The third-order valence-corrected chi connectivity index (χ3v) is 8.17. The highest BCUT2D eigenvalue weighted by molar-refractivity contribution is 7.22. The van der Waals surface area contributed by atoms with E-state index in [1.807, 2.05) is 37.4 Å². The third-order valence-electron chi connectivity index (χ3n) is 7.23. The van der Waals surface area contributed by atoms with Crippen LogP contribution in [0.1, 0.15) is 43.5 Å². The van der Waals surface area contributed by atoms with Gasteiger partial charge in [0.1, 0.15) is 17.5 Å². The first-order valence-corrected chi connectivity index (χ1v) is 13.8. The minimum atomic E-state index is -0.622. The van der Waals surface area contributed by atoms with Crippen molar-refractivity contribution in [2.45, 2.75) is 63.8 Å². The number of imidazole rings is 1. The van der Waals surface area contributed by atoms with Crippen molar-refractivity contribution in [3.05, 3.63) is 54.1 Å². The molecule has 1 saturated carbocycles. The smallest absolute Gasteiger partial charge is 0.229 e. The summed E-state index contributed by atoms with van der Waals surface area (Å²) < 4.78 is 3.04. The summed E-state index contributed by atoms with van der Waals surface area (Å²) >= 11 is 1.50. The topological polar surface area (TPSA) is 128 Å². The Morgan fingerprint density at radius 2 is 1.87 bits per heavy atom. The van der Waals surface area contributed by atoms with Gasteiger partial charge in [-0.05, 0) is 68.5 Å². The molecule has 1 amide bonds. The number of carbonyl (C=O) groups is 1. The molecule has 0 unspecified atom stereocenters. The summed E-state index contributed by atoms with van der Waals surface area (Å²) in [6.07, 6.45) is 6.51. The molecule has 1 aromatic carbocycles. The zero-order valence-electron chi connectivity index (χ0n) is 21.2. The highest BCUT2D eigenvalue weighted by atomic mass is 32.1. The van der Waals surface area contributed by atoms with E-state index in [-0.39, 0.29) is 24.5 Å². The molecule has 2 fully saturated rings. The van der Waals surface area contributed by atoms with Gasteiger partial charge in [-0.2, -0.15) is 0 Å². The Bertz CT molecular complexity index is 1460. The monoisotopic (exact) mass is 533 g/mol. The van der Waals surface area contributed by atoms with Crippen LogP contribution in [0.2, 0.25) is 0 Å². The lowest BCUT2D eigenvalue weighted by Gasteiger charge is -2.27. The third kappa shape index (κ3) is 5.35. The van der Waals surface area contributed by atoms with E-state index in [0.717, 1.165) is 58.8 Å². The number of aromatic nitrogens is 4. The summed E-state index contributed by atoms with van der Waals surface area (Å²) in [6, 6.07) is 10.1. The number of hydrogen-bond donors (Lipinski definition) is 4. The molecule has 4 aromatic rings. The predicted molar refractivity (Wildman–Crippen MR) is 148 cm³/mol. The lowest BCUT2D eigenvalue weighted by atomic mass is 9.93. The summed E-state index contributed by atoms with van der Waals surface area (Å²) in [5, 5.41) is 27.4. The van der Waals surface area contributed by atoms with Crippen LogP contribution in [-0.2, 0) is 11.3 Å². The maximum atomic E-state index is 12.2. The highest BCUT2D eigenvalue weighted by Gasteiger charge is 2.29. The van der Waals surface area contributed by atoms with Crippen LogP contribution in [0.3, 0.4) is 0 Å². The first-order chi connectivity index (χ1) is 18.4. The van der Waals surface area contributed by atoms with Crippen LogP contribution in [0.4, 0.5) is 22.5 Å². The van der Waals surface area contributed by atoms with E-state index < -0.39 is 6.10 Å². The lowest BCUT2D eigenvalue weighted by Crippen LogP contribution is -2.28. The second kappa shape index (κ2) is 10.3. The number of aliphatic hydroxyl groups excluding tert-OH is 2. The number of aryl methyl sites for hydroxylation is 1. The quantitative estimate of drug-likeness (QED) is 0.282. The number of pyridine rings is 1. The molecule has 4 heterocycles. The van der Waals surface area contributed by atoms with E-state index in [2.05, 4.69) is 26.3 Å². The number of anilines is 4. The van der Waals surface area contributed by atoms with Gasteiger partial charge in [0.2, 0.25) is 5.91 Å². The van der Waals surface area contributed by atoms with Gasteiger partial charge < -0.3 is 30.3 Å². The fraction of sp³-hybridized carbons (Fsp3) is 0.407. The number of β-amino-alcohol motifs (C(OH)–C–C–N with tert-alkyl or cyclic N) is 1. The highest BCUT2D eigenvalue weighted by Crippen LogP contribution is 2.33. The normalized spacial score (nSPS) is 21.8. The molecule has 1 atom stereocenters. The maximum absolute atomic E-state index is 12.2. The number of thiazole rings is 1. The molecule has 10 nitrogen and oxygen atoms in total. The zero-order chi connectivity index (χ0) is 26.2. The van der Waals surface area contributed by atoms with Crippen LogP contribution in [0.5, 0.6) is 0 Å². The van der Waals surface area contributed by atoms with Gasteiger partial charge in [0.15, 0.2) is 5.13 Å². The zero-order valence-corrected chi connectivity index (χ0v) is 22.0.